The Bertz CT molecular complexity index is 524. The minimum atomic E-state index is -3.45. The van der Waals surface area contributed by atoms with Crippen molar-refractivity contribution in [3.8, 4) is 0 Å². The van der Waals surface area contributed by atoms with Crippen molar-refractivity contribution in [1.82, 2.24) is 4.31 Å². The number of thiocarbonyl (C=S) groups is 1. The van der Waals surface area contributed by atoms with Gasteiger partial charge in [0.05, 0.1) is 4.88 Å². The predicted octanol–water partition coefficient (Wildman–Crippen LogP) is 1.75. The fourth-order valence-corrected chi connectivity index (χ4v) is 5.01. The van der Waals surface area contributed by atoms with Crippen LogP contribution in [0.4, 0.5) is 0 Å². The smallest absolute Gasteiger partial charge is 0.252 e. The molecule has 1 aromatic heterocycles. The quantitative estimate of drug-likeness (QED) is 0.808. The maximum absolute atomic E-state index is 12.3. The first-order valence-corrected chi connectivity index (χ1v) is 9.23. The van der Waals surface area contributed by atoms with E-state index in [-0.39, 0.29) is 15.2 Å². The number of nitrogens with zero attached hydrogens (tertiary/aromatic N) is 1. The number of rotatable bonds is 6. The third kappa shape index (κ3) is 3.45. The van der Waals surface area contributed by atoms with E-state index in [4.69, 9.17) is 18.0 Å². The molecule has 0 bridgehead atoms. The molecular weight excluding hydrogens is 308 g/mol. The standard InChI is InChI=1S/C10H16N2O2S4/c1-7(6-16-3)12(2)18(13,14)9-5-4-8(17-9)10(11)15/h4-5,7H,6H2,1-3H3,(H2,11,15). The molecular formula is C10H16N2O2S4. The zero-order chi connectivity index (χ0) is 13.9. The number of sulfonamides is 1. The minimum absolute atomic E-state index is 0.0552. The van der Waals surface area contributed by atoms with E-state index in [0.29, 0.717) is 4.88 Å². The zero-order valence-electron chi connectivity index (χ0n) is 10.4. The molecule has 0 spiro atoms. The fraction of sp³-hybridized carbons (Fsp3) is 0.500. The van der Waals surface area contributed by atoms with E-state index in [0.717, 1.165) is 17.1 Å². The lowest BCUT2D eigenvalue weighted by atomic mass is 10.4. The van der Waals surface area contributed by atoms with Crippen molar-refractivity contribution in [3.05, 3.63) is 17.0 Å². The first-order chi connectivity index (χ1) is 8.30. The first kappa shape index (κ1) is 15.9. The zero-order valence-corrected chi connectivity index (χ0v) is 13.7. The van der Waals surface area contributed by atoms with E-state index in [1.807, 2.05) is 13.2 Å². The van der Waals surface area contributed by atoms with E-state index in [1.165, 1.54) is 4.31 Å². The van der Waals surface area contributed by atoms with Crippen LogP contribution in [0.15, 0.2) is 16.3 Å². The van der Waals surface area contributed by atoms with Crippen LogP contribution in [-0.4, -0.2) is 42.8 Å². The molecule has 0 amide bonds. The van der Waals surface area contributed by atoms with Crippen molar-refractivity contribution in [2.45, 2.75) is 17.2 Å². The molecule has 0 fully saturated rings. The minimum Gasteiger partial charge on any atom is -0.389 e. The second-order valence-corrected chi connectivity index (χ2v) is 8.47. The number of hydrogen-bond acceptors (Lipinski definition) is 5. The van der Waals surface area contributed by atoms with Gasteiger partial charge in [-0.3, -0.25) is 0 Å². The number of thioether (sulfide) groups is 1. The van der Waals surface area contributed by atoms with Gasteiger partial charge in [0.15, 0.2) is 0 Å². The second-order valence-electron chi connectivity index (χ2n) is 3.81. The Labute approximate surface area is 122 Å². The summed E-state index contributed by atoms with van der Waals surface area (Å²) in [5.74, 6) is 0.753. The second kappa shape index (κ2) is 6.33. The SMILES string of the molecule is CSCC(C)N(C)S(=O)(=O)c1ccc(C(N)=S)s1. The van der Waals surface area contributed by atoms with Crippen LogP contribution in [0.2, 0.25) is 0 Å². The highest BCUT2D eigenvalue weighted by molar-refractivity contribution is 7.98. The van der Waals surface area contributed by atoms with Crippen molar-refractivity contribution < 1.29 is 8.42 Å². The topological polar surface area (TPSA) is 63.4 Å². The van der Waals surface area contributed by atoms with E-state index >= 15 is 0 Å². The third-order valence-electron chi connectivity index (χ3n) is 2.49. The molecule has 8 heteroatoms. The Morgan fingerprint density at radius 2 is 2.22 bits per heavy atom. The molecule has 102 valence electrons. The summed E-state index contributed by atoms with van der Waals surface area (Å²) in [4.78, 5) is 0.843. The summed E-state index contributed by atoms with van der Waals surface area (Å²) in [6.45, 7) is 1.89. The van der Waals surface area contributed by atoms with Crippen LogP contribution in [0.5, 0.6) is 0 Å². The van der Waals surface area contributed by atoms with Gasteiger partial charge in [-0.25, -0.2) is 8.42 Å². The highest BCUT2D eigenvalue weighted by Gasteiger charge is 2.26. The van der Waals surface area contributed by atoms with Gasteiger partial charge in [0.1, 0.15) is 9.20 Å². The summed E-state index contributed by atoms with van der Waals surface area (Å²) >= 11 is 7.56. The molecule has 1 unspecified atom stereocenters. The molecule has 0 saturated carbocycles. The van der Waals surface area contributed by atoms with Gasteiger partial charge in [-0.15, -0.1) is 11.3 Å². The number of thiophene rings is 1. The average Bonchev–Trinajstić information content (AvgIpc) is 2.78. The van der Waals surface area contributed by atoms with Gasteiger partial charge >= 0.3 is 0 Å². The molecule has 2 N–H and O–H groups in total. The van der Waals surface area contributed by atoms with Gasteiger partial charge < -0.3 is 5.73 Å². The third-order valence-corrected chi connectivity index (χ3v) is 7.21. The predicted molar refractivity (Wildman–Crippen MR) is 83.0 cm³/mol. The normalized spacial score (nSPS) is 13.8. The van der Waals surface area contributed by atoms with Crippen LogP contribution in [0.25, 0.3) is 0 Å². The first-order valence-electron chi connectivity index (χ1n) is 5.17. The van der Waals surface area contributed by atoms with Crippen LogP contribution in [0.3, 0.4) is 0 Å². The molecule has 1 atom stereocenters. The Balaban J connectivity index is 3.01. The molecule has 0 saturated heterocycles. The van der Waals surface area contributed by atoms with Crippen molar-refractivity contribution >= 4 is 50.3 Å². The lowest BCUT2D eigenvalue weighted by Crippen LogP contribution is -2.36. The average molecular weight is 325 g/mol. The van der Waals surface area contributed by atoms with E-state index < -0.39 is 10.0 Å². The van der Waals surface area contributed by atoms with Crippen molar-refractivity contribution in [3.63, 3.8) is 0 Å². The van der Waals surface area contributed by atoms with Gasteiger partial charge in [0.25, 0.3) is 10.0 Å². The summed E-state index contributed by atoms with van der Waals surface area (Å²) in [7, 11) is -1.86. The molecule has 1 heterocycles. The van der Waals surface area contributed by atoms with E-state index in [9.17, 15) is 8.42 Å². The van der Waals surface area contributed by atoms with Crippen LogP contribution in [0, 0.1) is 0 Å². The van der Waals surface area contributed by atoms with Gasteiger partial charge in [-0.1, -0.05) is 12.2 Å². The van der Waals surface area contributed by atoms with E-state index in [1.54, 1.807) is 30.9 Å². The number of nitrogens with two attached hydrogens (primary N) is 1. The number of hydrogen-bond donors (Lipinski definition) is 1. The van der Waals surface area contributed by atoms with Gasteiger partial charge in [-0.05, 0) is 25.3 Å². The van der Waals surface area contributed by atoms with E-state index in [2.05, 4.69) is 0 Å². The summed E-state index contributed by atoms with van der Waals surface area (Å²) in [5, 5.41) is 0. The monoisotopic (exact) mass is 324 g/mol. The fourth-order valence-electron chi connectivity index (χ4n) is 1.32. The van der Waals surface area contributed by atoms with Crippen LogP contribution >= 0.6 is 35.3 Å². The summed E-state index contributed by atoms with van der Waals surface area (Å²) < 4.78 is 26.3. The Hall–Kier alpha value is -0.150. The molecule has 1 aromatic rings. The molecule has 0 aromatic carbocycles. The van der Waals surface area contributed by atoms with Crippen molar-refractivity contribution in [2.75, 3.05) is 19.1 Å². The molecule has 0 aliphatic heterocycles. The largest absolute Gasteiger partial charge is 0.389 e. The van der Waals surface area contributed by atoms with Crippen LogP contribution in [0.1, 0.15) is 11.8 Å². The Kier molecular flexibility index (Phi) is 5.60. The molecule has 1 rings (SSSR count). The molecule has 0 aliphatic carbocycles. The lowest BCUT2D eigenvalue weighted by Gasteiger charge is -2.22. The molecule has 4 nitrogen and oxygen atoms in total. The molecule has 0 aliphatic rings. The van der Waals surface area contributed by atoms with Crippen molar-refractivity contribution in [1.29, 1.82) is 0 Å². The van der Waals surface area contributed by atoms with Crippen molar-refractivity contribution in [2.24, 2.45) is 5.73 Å². The summed E-state index contributed by atoms with van der Waals surface area (Å²) in [5.41, 5.74) is 5.48. The van der Waals surface area contributed by atoms with Crippen LogP contribution < -0.4 is 5.73 Å². The maximum atomic E-state index is 12.3. The summed E-state index contributed by atoms with van der Waals surface area (Å²) in [6.07, 6.45) is 1.95. The molecule has 0 radical (unpaired) electrons. The highest BCUT2D eigenvalue weighted by Crippen LogP contribution is 2.25. The Morgan fingerprint density at radius 1 is 1.61 bits per heavy atom. The summed E-state index contributed by atoms with van der Waals surface area (Å²) in [6, 6.07) is 3.14. The van der Waals surface area contributed by atoms with Crippen LogP contribution in [-0.2, 0) is 10.0 Å². The maximum Gasteiger partial charge on any atom is 0.252 e. The van der Waals surface area contributed by atoms with Gasteiger partial charge in [0, 0.05) is 18.8 Å². The lowest BCUT2D eigenvalue weighted by molar-refractivity contribution is 0.416. The highest BCUT2D eigenvalue weighted by atomic mass is 32.2. The van der Waals surface area contributed by atoms with Gasteiger partial charge in [0.2, 0.25) is 0 Å². The van der Waals surface area contributed by atoms with Gasteiger partial charge in [-0.2, -0.15) is 16.1 Å². The Morgan fingerprint density at radius 3 is 2.67 bits per heavy atom. The molecule has 18 heavy (non-hydrogen) atoms.